The largest absolute Gasteiger partial charge is 0.444 e. The van der Waals surface area contributed by atoms with Crippen LogP contribution in [0.25, 0.3) is 0 Å². The number of rotatable bonds is 1. The number of ether oxygens (including phenoxy) is 1. The Bertz CT molecular complexity index is 335. The molecule has 104 valence electrons. The van der Waals surface area contributed by atoms with Crippen LogP contribution in [-0.4, -0.2) is 54.7 Å². The highest BCUT2D eigenvalue weighted by Gasteiger charge is 2.52. The molecule has 1 aliphatic heterocycles. The summed E-state index contributed by atoms with van der Waals surface area (Å²) in [6, 6.07) is 0.630. The molecule has 2 rings (SSSR count). The summed E-state index contributed by atoms with van der Waals surface area (Å²) in [5, 5.41) is 0. The average Bonchev–Trinajstić information content (AvgIpc) is 2.58. The first-order valence-corrected chi connectivity index (χ1v) is 6.88. The van der Waals surface area contributed by atoms with Gasteiger partial charge in [-0.2, -0.15) is 0 Å². The van der Waals surface area contributed by atoms with E-state index in [1.807, 2.05) is 25.7 Å². The molecule has 1 heterocycles. The van der Waals surface area contributed by atoms with Gasteiger partial charge in [0, 0.05) is 24.5 Å². The van der Waals surface area contributed by atoms with E-state index in [4.69, 9.17) is 4.74 Å². The van der Waals surface area contributed by atoms with Gasteiger partial charge in [0.05, 0.1) is 0 Å². The Hall–Kier alpha value is -0.770. The molecule has 1 saturated carbocycles. The molecule has 4 nitrogen and oxygen atoms in total. The van der Waals surface area contributed by atoms with Crippen molar-refractivity contribution in [3.63, 3.8) is 0 Å². The van der Waals surface area contributed by atoms with Crippen molar-refractivity contribution in [2.24, 2.45) is 5.41 Å². The Morgan fingerprint density at radius 1 is 1.33 bits per heavy atom. The molecular weight excluding hydrogens is 228 g/mol. The number of amides is 1. The molecule has 18 heavy (non-hydrogen) atoms. The van der Waals surface area contributed by atoms with Crippen LogP contribution in [0.5, 0.6) is 0 Å². The fourth-order valence-electron chi connectivity index (χ4n) is 3.34. The van der Waals surface area contributed by atoms with Crippen LogP contribution >= 0.6 is 0 Å². The van der Waals surface area contributed by atoms with E-state index in [1.54, 1.807) is 0 Å². The lowest BCUT2D eigenvalue weighted by Crippen LogP contribution is -2.54. The smallest absolute Gasteiger partial charge is 0.410 e. The van der Waals surface area contributed by atoms with Gasteiger partial charge in [0.15, 0.2) is 0 Å². The molecule has 0 aromatic rings. The van der Waals surface area contributed by atoms with Gasteiger partial charge in [-0.05, 0) is 54.1 Å². The summed E-state index contributed by atoms with van der Waals surface area (Å²) in [6.07, 6.45) is 3.48. The standard InChI is InChI=1S/C14H26N2O2/c1-13(2,3)18-12(17)16-9-8-14(10-16)7-6-11(14)15(4)5/h11H,6-10H2,1-5H3/t11?,14-/m1/s1. The minimum Gasteiger partial charge on any atom is -0.444 e. The van der Waals surface area contributed by atoms with E-state index in [0.717, 1.165) is 19.5 Å². The molecule has 1 unspecified atom stereocenters. The van der Waals surface area contributed by atoms with Crippen LogP contribution in [0.15, 0.2) is 0 Å². The SMILES string of the molecule is CN(C)C1CC[C@]12CCN(C(=O)OC(C)(C)C)C2. The molecule has 1 spiro atoms. The van der Waals surface area contributed by atoms with Crippen LogP contribution in [0, 0.1) is 5.41 Å². The van der Waals surface area contributed by atoms with E-state index in [1.165, 1.54) is 12.8 Å². The van der Waals surface area contributed by atoms with Crippen molar-refractivity contribution in [3.8, 4) is 0 Å². The summed E-state index contributed by atoms with van der Waals surface area (Å²) in [6.45, 7) is 7.47. The molecular formula is C14H26N2O2. The van der Waals surface area contributed by atoms with Gasteiger partial charge < -0.3 is 14.5 Å². The lowest BCUT2D eigenvalue weighted by molar-refractivity contribution is -0.00307. The monoisotopic (exact) mass is 254 g/mol. The lowest BCUT2D eigenvalue weighted by Gasteiger charge is -2.50. The predicted molar refractivity (Wildman–Crippen MR) is 71.6 cm³/mol. The summed E-state index contributed by atoms with van der Waals surface area (Å²) in [5.74, 6) is 0. The van der Waals surface area contributed by atoms with Crippen LogP contribution in [-0.2, 0) is 4.74 Å². The van der Waals surface area contributed by atoms with E-state index in [-0.39, 0.29) is 6.09 Å². The Balaban J connectivity index is 1.95. The molecule has 0 bridgehead atoms. The van der Waals surface area contributed by atoms with Crippen molar-refractivity contribution < 1.29 is 9.53 Å². The summed E-state index contributed by atoms with van der Waals surface area (Å²) >= 11 is 0. The Morgan fingerprint density at radius 3 is 2.44 bits per heavy atom. The maximum Gasteiger partial charge on any atom is 0.410 e. The predicted octanol–water partition coefficient (Wildman–Crippen LogP) is 2.34. The molecule has 0 aromatic heterocycles. The minimum atomic E-state index is -0.395. The highest BCUT2D eigenvalue weighted by atomic mass is 16.6. The van der Waals surface area contributed by atoms with Gasteiger partial charge in [0.1, 0.15) is 5.60 Å². The third-order valence-corrected chi connectivity index (χ3v) is 4.28. The Kier molecular flexibility index (Phi) is 3.34. The summed E-state index contributed by atoms with van der Waals surface area (Å²) in [5.41, 5.74) is -0.0617. The Morgan fingerprint density at radius 2 is 2.00 bits per heavy atom. The number of carbonyl (C=O) groups excluding carboxylic acids is 1. The first-order valence-electron chi connectivity index (χ1n) is 6.88. The van der Waals surface area contributed by atoms with Gasteiger partial charge in [-0.3, -0.25) is 0 Å². The number of hydrogen-bond donors (Lipinski definition) is 0. The van der Waals surface area contributed by atoms with Crippen LogP contribution in [0.3, 0.4) is 0 Å². The maximum absolute atomic E-state index is 12.1. The fraction of sp³-hybridized carbons (Fsp3) is 0.929. The van der Waals surface area contributed by atoms with Crippen LogP contribution in [0.4, 0.5) is 4.79 Å². The van der Waals surface area contributed by atoms with E-state index in [0.29, 0.717) is 11.5 Å². The van der Waals surface area contributed by atoms with Crippen LogP contribution < -0.4 is 0 Å². The molecule has 2 fully saturated rings. The molecule has 1 amide bonds. The summed E-state index contributed by atoms with van der Waals surface area (Å²) in [7, 11) is 4.28. The number of nitrogens with zero attached hydrogens (tertiary/aromatic N) is 2. The zero-order valence-corrected chi connectivity index (χ0v) is 12.3. The molecule has 0 radical (unpaired) electrons. The number of carbonyl (C=O) groups is 1. The van der Waals surface area contributed by atoms with E-state index in [9.17, 15) is 4.79 Å². The highest BCUT2D eigenvalue weighted by molar-refractivity contribution is 5.68. The number of likely N-dealkylation sites (tertiary alicyclic amines) is 1. The van der Waals surface area contributed by atoms with Gasteiger partial charge in [-0.25, -0.2) is 4.79 Å². The van der Waals surface area contributed by atoms with Crippen molar-refractivity contribution in [2.45, 2.75) is 51.7 Å². The highest BCUT2D eigenvalue weighted by Crippen LogP contribution is 2.50. The average molecular weight is 254 g/mol. The third kappa shape index (κ3) is 2.48. The molecule has 1 saturated heterocycles. The van der Waals surface area contributed by atoms with E-state index in [2.05, 4.69) is 19.0 Å². The van der Waals surface area contributed by atoms with Crippen molar-refractivity contribution in [2.75, 3.05) is 27.2 Å². The topological polar surface area (TPSA) is 32.8 Å². The van der Waals surface area contributed by atoms with E-state index < -0.39 is 5.60 Å². The van der Waals surface area contributed by atoms with Gasteiger partial charge in [0.25, 0.3) is 0 Å². The molecule has 1 aliphatic carbocycles. The van der Waals surface area contributed by atoms with Crippen molar-refractivity contribution in [1.29, 1.82) is 0 Å². The Labute approximate surface area is 110 Å². The second-order valence-electron chi connectivity index (χ2n) is 7.03. The van der Waals surface area contributed by atoms with Gasteiger partial charge in [0.2, 0.25) is 0 Å². The van der Waals surface area contributed by atoms with Gasteiger partial charge in [-0.1, -0.05) is 0 Å². The maximum atomic E-state index is 12.1. The van der Waals surface area contributed by atoms with Crippen molar-refractivity contribution in [1.82, 2.24) is 9.80 Å². The van der Waals surface area contributed by atoms with Gasteiger partial charge in [-0.15, -0.1) is 0 Å². The summed E-state index contributed by atoms with van der Waals surface area (Å²) in [4.78, 5) is 16.3. The molecule has 0 N–H and O–H groups in total. The molecule has 4 heteroatoms. The van der Waals surface area contributed by atoms with Crippen molar-refractivity contribution >= 4 is 6.09 Å². The van der Waals surface area contributed by atoms with Crippen LogP contribution in [0.2, 0.25) is 0 Å². The second kappa shape index (κ2) is 4.41. The third-order valence-electron chi connectivity index (χ3n) is 4.28. The first kappa shape index (κ1) is 13.7. The zero-order valence-electron chi connectivity index (χ0n) is 12.3. The fourth-order valence-corrected chi connectivity index (χ4v) is 3.34. The number of hydrogen-bond acceptors (Lipinski definition) is 3. The molecule has 2 aliphatic rings. The zero-order chi connectivity index (χ0) is 13.6. The van der Waals surface area contributed by atoms with E-state index >= 15 is 0 Å². The molecule has 2 atom stereocenters. The minimum absolute atomic E-state index is 0.149. The summed E-state index contributed by atoms with van der Waals surface area (Å²) < 4.78 is 5.45. The van der Waals surface area contributed by atoms with Gasteiger partial charge >= 0.3 is 6.09 Å². The first-order chi connectivity index (χ1) is 8.23. The molecule has 0 aromatic carbocycles. The lowest BCUT2D eigenvalue weighted by atomic mass is 9.63. The quantitative estimate of drug-likeness (QED) is 0.720. The second-order valence-corrected chi connectivity index (χ2v) is 7.03. The normalized spacial score (nSPS) is 31.9. The van der Waals surface area contributed by atoms with Crippen molar-refractivity contribution in [3.05, 3.63) is 0 Å². The van der Waals surface area contributed by atoms with Crippen LogP contribution in [0.1, 0.15) is 40.0 Å².